The van der Waals surface area contributed by atoms with Crippen LogP contribution in [-0.2, 0) is 11.3 Å². The highest BCUT2D eigenvalue weighted by molar-refractivity contribution is 8.01. The van der Waals surface area contributed by atoms with Gasteiger partial charge in [0.15, 0.2) is 8.29 Å². The van der Waals surface area contributed by atoms with Crippen molar-refractivity contribution in [2.45, 2.75) is 10.9 Å². The molecule has 27 heavy (non-hydrogen) atoms. The average Bonchev–Trinajstić information content (AvgIpc) is 3.07. The number of amides is 3. The molecule has 0 aliphatic heterocycles. The number of aromatic nitrogens is 2. The van der Waals surface area contributed by atoms with Gasteiger partial charge in [0.2, 0.25) is 5.91 Å². The molecule has 6 nitrogen and oxygen atoms in total. The van der Waals surface area contributed by atoms with Gasteiger partial charge in [-0.15, -0.1) is 5.10 Å². The van der Waals surface area contributed by atoms with Gasteiger partial charge in [0.25, 0.3) is 0 Å². The van der Waals surface area contributed by atoms with Crippen LogP contribution in [0, 0.1) is 3.95 Å². The summed E-state index contributed by atoms with van der Waals surface area (Å²) in [4.78, 5) is 23.7. The summed E-state index contributed by atoms with van der Waals surface area (Å²) < 4.78 is 2.93. The molecule has 2 N–H and O–H groups in total. The highest BCUT2D eigenvalue weighted by Gasteiger charge is 2.11. The maximum absolute atomic E-state index is 12.0. The summed E-state index contributed by atoms with van der Waals surface area (Å²) in [5, 5.41) is 9.38. The lowest BCUT2D eigenvalue weighted by atomic mass is 10.2. The third kappa shape index (κ3) is 5.75. The average molecular weight is 417 g/mol. The fraction of sp³-hybridized carbons (Fsp3) is 0.111. The SMILES string of the molecule is O=C(CSc1nn(-c2ccccc2)c(=S)s1)NC(=O)NCc1ccccc1. The zero-order valence-corrected chi connectivity index (χ0v) is 16.6. The minimum atomic E-state index is -0.521. The van der Waals surface area contributed by atoms with Crippen molar-refractivity contribution in [1.82, 2.24) is 20.4 Å². The van der Waals surface area contributed by atoms with Gasteiger partial charge in [-0.3, -0.25) is 10.1 Å². The quantitative estimate of drug-likeness (QED) is 0.472. The van der Waals surface area contributed by atoms with Crippen molar-refractivity contribution >= 4 is 47.3 Å². The first kappa shape index (κ1) is 19.3. The molecule has 3 rings (SSSR count). The molecule has 2 aromatic carbocycles. The fourth-order valence-electron chi connectivity index (χ4n) is 2.16. The van der Waals surface area contributed by atoms with Crippen LogP contribution in [0.5, 0.6) is 0 Å². The zero-order chi connectivity index (χ0) is 19.1. The highest BCUT2D eigenvalue weighted by Crippen LogP contribution is 2.23. The van der Waals surface area contributed by atoms with E-state index in [-0.39, 0.29) is 5.75 Å². The van der Waals surface area contributed by atoms with Crippen LogP contribution >= 0.6 is 35.3 Å². The Labute approximate surface area is 169 Å². The summed E-state index contributed by atoms with van der Waals surface area (Å²) in [5.41, 5.74) is 1.83. The van der Waals surface area contributed by atoms with Gasteiger partial charge < -0.3 is 5.32 Å². The van der Waals surface area contributed by atoms with Crippen LogP contribution in [0.2, 0.25) is 0 Å². The number of imide groups is 1. The Morgan fingerprint density at radius 3 is 2.44 bits per heavy atom. The monoisotopic (exact) mass is 416 g/mol. The standard InChI is InChI=1S/C18H16N4O2S3/c23-15(20-16(24)19-11-13-7-3-1-4-8-13)12-26-17-21-22(18(25)27-17)14-9-5-2-6-10-14/h1-10H,11-12H2,(H2,19,20,23,24). The van der Waals surface area contributed by atoms with Crippen LogP contribution in [-0.4, -0.2) is 27.5 Å². The van der Waals surface area contributed by atoms with Gasteiger partial charge in [-0.25, -0.2) is 9.48 Å². The van der Waals surface area contributed by atoms with Gasteiger partial charge in [-0.05, 0) is 29.9 Å². The molecule has 0 aliphatic rings. The lowest BCUT2D eigenvalue weighted by molar-refractivity contribution is -0.117. The van der Waals surface area contributed by atoms with E-state index in [1.807, 2.05) is 60.7 Å². The van der Waals surface area contributed by atoms with E-state index in [2.05, 4.69) is 15.7 Å². The number of rotatable bonds is 6. The number of nitrogens with one attached hydrogen (secondary N) is 2. The number of thioether (sulfide) groups is 1. The van der Waals surface area contributed by atoms with E-state index < -0.39 is 11.9 Å². The van der Waals surface area contributed by atoms with Crippen molar-refractivity contribution < 1.29 is 9.59 Å². The van der Waals surface area contributed by atoms with Crippen LogP contribution in [0.1, 0.15) is 5.56 Å². The number of benzene rings is 2. The van der Waals surface area contributed by atoms with Gasteiger partial charge in [0.05, 0.1) is 11.4 Å². The van der Waals surface area contributed by atoms with Gasteiger partial charge in [0.1, 0.15) is 0 Å². The van der Waals surface area contributed by atoms with Gasteiger partial charge in [0, 0.05) is 6.54 Å². The van der Waals surface area contributed by atoms with Crippen LogP contribution in [0.25, 0.3) is 5.69 Å². The van der Waals surface area contributed by atoms with Crippen LogP contribution in [0.3, 0.4) is 0 Å². The molecule has 0 fully saturated rings. The summed E-state index contributed by atoms with van der Waals surface area (Å²) in [5.74, 6) is -0.312. The molecule has 0 spiro atoms. The second kappa shape index (κ2) is 9.45. The molecule has 3 aromatic rings. The third-order valence-corrected chi connectivity index (χ3v) is 5.77. The number of hydrogen-bond donors (Lipinski definition) is 2. The lowest BCUT2D eigenvalue weighted by Gasteiger charge is -2.06. The van der Waals surface area contributed by atoms with Crippen molar-refractivity contribution in [2.75, 3.05) is 5.75 Å². The molecule has 0 saturated heterocycles. The van der Waals surface area contributed by atoms with Gasteiger partial charge in [-0.2, -0.15) is 0 Å². The van der Waals surface area contributed by atoms with Gasteiger partial charge >= 0.3 is 6.03 Å². The predicted octanol–water partition coefficient (Wildman–Crippen LogP) is 3.78. The van der Waals surface area contributed by atoms with Crippen molar-refractivity contribution in [3.05, 3.63) is 70.2 Å². The molecule has 1 aromatic heterocycles. The Balaban J connectivity index is 1.48. The smallest absolute Gasteiger partial charge is 0.321 e. The van der Waals surface area contributed by atoms with Gasteiger partial charge in [-0.1, -0.05) is 71.6 Å². The van der Waals surface area contributed by atoms with E-state index in [0.29, 0.717) is 14.8 Å². The number of nitrogens with zero attached hydrogens (tertiary/aromatic N) is 2. The second-order valence-electron chi connectivity index (χ2n) is 5.39. The summed E-state index contributed by atoms with van der Waals surface area (Å²) in [6, 6.07) is 18.5. The molecule has 138 valence electrons. The van der Waals surface area contributed by atoms with Crippen molar-refractivity contribution in [1.29, 1.82) is 0 Å². The number of carbonyl (C=O) groups excluding carboxylic acids is 2. The summed E-state index contributed by atoms with van der Waals surface area (Å²) in [6.07, 6.45) is 0. The molecular formula is C18H16N4O2S3. The van der Waals surface area contributed by atoms with E-state index in [1.165, 1.54) is 23.1 Å². The molecule has 0 saturated carbocycles. The largest absolute Gasteiger partial charge is 0.334 e. The highest BCUT2D eigenvalue weighted by atomic mass is 32.2. The number of hydrogen-bond acceptors (Lipinski definition) is 6. The number of para-hydroxylation sites is 1. The summed E-state index contributed by atoms with van der Waals surface area (Å²) in [6.45, 7) is 0.357. The normalized spacial score (nSPS) is 10.4. The molecular weight excluding hydrogens is 400 g/mol. The summed E-state index contributed by atoms with van der Waals surface area (Å²) in [7, 11) is 0. The molecule has 9 heteroatoms. The molecule has 0 radical (unpaired) electrons. The van der Waals surface area contributed by atoms with E-state index >= 15 is 0 Å². The molecule has 0 atom stereocenters. The second-order valence-corrected chi connectivity index (χ2v) is 8.23. The van der Waals surface area contributed by atoms with Crippen molar-refractivity contribution in [2.24, 2.45) is 0 Å². The fourth-order valence-corrected chi connectivity index (χ4v) is 4.33. The maximum Gasteiger partial charge on any atom is 0.321 e. The molecule has 0 unspecified atom stereocenters. The predicted molar refractivity (Wildman–Crippen MR) is 110 cm³/mol. The van der Waals surface area contributed by atoms with Crippen LogP contribution in [0.15, 0.2) is 65.0 Å². The van der Waals surface area contributed by atoms with E-state index in [4.69, 9.17) is 12.2 Å². The minimum Gasteiger partial charge on any atom is -0.334 e. The zero-order valence-electron chi connectivity index (χ0n) is 14.1. The molecule has 0 aliphatic carbocycles. The Kier molecular flexibility index (Phi) is 6.74. The Morgan fingerprint density at radius 1 is 1.07 bits per heavy atom. The van der Waals surface area contributed by atoms with Crippen LogP contribution in [0.4, 0.5) is 4.79 Å². The van der Waals surface area contributed by atoms with Crippen molar-refractivity contribution in [3.8, 4) is 5.69 Å². The van der Waals surface area contributed by atoms with Crippen LogP contribution < -0.4 is 10.6 Å². The number of urea groups is 1. The Bertz CT molecular complexity index is 971. The summed E-state index contributed by atoms with van der Waals surface area (Å²) >= 11 is 7.90. The topological polar surface area (TPSA) is 76.0 Å². The number of carbonyl (C=O) groups is 2. The van der Waals surface area contributed by atoms with Crippen molar-refractivity contribution in [3.63, 3.8) is 0 Å². The lowest BCUT2D eigenvalue weighted by Crippen LogP contribution is -2.39. The molecule has 1 heterocycles. The maximum atomic E-state index is 12.0. The van der Waals surface area contributed by atoms with E-state index in [0.717, 1.165) is 11.3 Å². The van der Waals surface area contributed by atoms with E-state index in [9.17, 15) is 9.59 Å². The molecule has 3 amide bonds. The first-order valence-corrected chi connectivity index (χ1v) is 10.2. The first-order valence-electron chi connectivity index (χ1n) is 8.02. The Morgan fingerprint density at radius 2 is 1.74 bits per heavy atom. The molecule has 0 bridgehead atoms. The van der Waals surface area contributed by atoms with E-state index in [1.54, 1.807) is 4.68 Å². The first-order chi connectivity index (χ1) is 13.1. The third-order valence-electron chi connectivity index (χ3n) is 3.41. The Hall–Kier alpha value is -2.49. The minimum absolute atomic E-state index is 0.0792.